The number of phosphoric ester groups is 2. The molecule has 5 atom stereocenters. The molecule has 0 aromatic carbocycles. The smallest absolute Gasteiger partial charge is 0.462 e. The highest BCUT2D eigenvalue weighted by Gasteiger charge is 2.30. The van der Waals surface area contributed by atoms with Crippen LogP contribution in [-0.2, 0) is 65.4 Å². The molecular formula is C88H172O17P2. The molecule has 0 aromatic rings. The van der Waals surface area contributed by atoms with Gasteiger partial charge >= 0.3 is 39.5 Å². The number of carbonyl (C=O) groups is 4. The van der Waals surface area contributed by atoms with Crippen molar-refractivity contribution in [1.82, 2.24) is 0 Å². The van der Waals surface area contributed by atoms with E-state index in [4.69, 9.17) is 37.0 Å². The van der Waals surface area contributed by atoms with Crippen LogP contribution in [0.2, 0.25) is 0 Å². The lowest BCUT2D eigenvalue weighted by Crippen LogP contribution is -2.30. The SMILES string of the molecule is CCCCCCCCCCCCCCCCCCCCCCC(=O)O[C@H](COC(=O)CCCCCCCCCCCCCCCCC(C)C)COP(=O)(O)OC[C@@H](O)COP(=O)(O)OC[C@@H](COC(=O)CCCCCCCCCCCCCCC)OC(=O)CCCCCCCCCCCCCCCCCCC. The fourth-order valence-corrected chi connectivity index (χ4v) is 15.4. The first-order valence-electron chi connectivity index (χ1n) is 45.6. The molecule has 0 aliphatic carbocycles. The molecule has 0 aromatic heterocycles. The molecule has 0 rings (SSSR count). The topological polar surface area (TPSA) is 237 Å². The van der Waals surface area contributed by atoms with Gasteiger partial charge in [0.15, 0.2) is 12.2 Å². The molecule has 19 heteroatoms. The average molecular weight is 1560 g/mol. The van der Waals surface area contributed by atoms with E-state index in [1.807, 2.05) is 0 Å². The Labute approximate surface area is 658 Å². The van der Waals surface area contributed by atoms with Crippen molar-refractivity contribution in [2.45, 2.75) is 496 Å². The van der Waals surface area contributed by atoms with Crippen LogP contribution in [0, 0.1) is 5.92 Å². The zero-order chi connectivity index (χ0) is 78.3. The lowest BCUT2D eigenvalue weighted by atomic mass is 10.0. The molecule has 17 nitrogen and oxygen atoms in total. The van der Waals surface area contributed by atoms with Crippen molar-refractivity contribution in [3.63, 3.8) is 0 Å². The van der Waals surface area contributed by atoms with Gasteiger partial charge in [-0.05, 0) is 31.6 Å². The molecule has 0 radical (unpaired) electrons. The van der Waals surface area contributed by atoms with Gasteiger partial charge in [0.1, 0.15) is 19.3 Å². The molecule has 0 saturated heterocycles. The zero-order valence-electron chi connectivity index (χ0n) is 70.3. The summed E-state index contributed by atoms with van der Waals surface area (Å²) in [5.41, 5.74) is 0. The first-order valence-corrected chi connectivity index (χ1v) is 48.6. The minimum atomic E-state index is -4.97. The Hall–Kier alpha value is -1.94. The van der Waals surface area contributed by atoms with Crippen LogP contribution in [0.5, 0.6) is 0 Å². The van der Waals surface area contributed by atoms with Crippen molar-refractivity contribution >= 4 is 39.5 Å². The Morgan fingerprint density at radius 2 is 0.430 bits per heavy atom. The monoisotopic (exact) mass is 1560 g/mol. The fourth-order valence-electron chi connectivity index (χ4n) is 13.8. The second kappa shape index (κ2) is 80.7. The van der Waals surface area contributed by atoms with Crippen molar-refractivity contribution < 1.29 is 80.2 Å². The molecule has 0 heterocycles. The van der Waals surface area contributed by atoms with Crippen LogP contribution < -0.4 is 0 Å². The second-order valence-corrected chi connectivity index (χ2v) is 35.0. The van der Waals surface area contributed by atoms with Crippen LogP contribution in [0.1, 0.15) is 478 Å². The lowest BCUT2D eigenvalue weighted by molar-refractivity contribution is -0.161. The van der Waals surface area contributed by atoms with E-state index in [-0.39, 0.29) is 25.7 Å². The van der Waals surface area contributed by atoms with Gasteiger partial charge in [0.25, 0.3) is 0 Å². The van der Waals surface area contributed by atoms with E-state index in [0.29, 0.717) is 25.7 Å². The normalized spacial score (nSPS) is 13.7. The van der Waals surface area contributed by atoms with Gasteiger partial charge in [0.05, 0.1) is 26.4 Å². The van der Waals surface area contributed by atoms with E-state index in [1.54, 1.807) is 0 Å². The molecule has 0 fully saturated rings. The van der Waals surface area contributed by atoms with E-state index >= 15 is 0 Å². The Morgan fingerprint density at radius 1 is 0.252 bits per heavy atom. The summed E-state index contributed by atoms with van der Waals surface area (Å²) in [5.74, 6) is -1.30. The third-order valence-electron chi connectivity index (χ3n) is 20.8. The van der Waals surface area contributed by atoms with Crippen LogP contribution in [0.3, 0.4) is 0 Å². The molecule has 107 heavy (non-hydrogen) atoms. The van der Waals surface area contributed by atoms with Crippen LogP contribution in [0.4, 0.5) is 0 Å². The van der Waals surface area contributed by atoms with Gasteiger partial charge in [-0.2, -0.15) is 0 Å². The summed E-state index contributed by atoms with van der Waals surface area (Å²) >= 11 is 0. The van der Waals surface area contributed by atoms with E-state index in [2.05, 4.69) is 34.6 Å². The van der Waals surface area contributed by atoms with Gasteiger partial charge in [-0.1, -0.05) is 426 Å². The molecule has 3 N–H and O–H groups in total. The predicted molar refractivity (Wildman–Crippen MR) is 442 cm³/mol. The fraction of sp³-hybridized carbons (Fsp3) is 0.955. The number of carbonyl (C=O) groups excluding carboxylic acids is 4. The maximum absolute atomic E-state index is 13.2. The maximum Gasteiger partial charge on any atom is 0.472 e. The van der Waals surface area contributed by atoms with E-state index in [1.165, 1.54) is 302 Å². The minimum absolute atomic E-state index is 0.109. The maximum atomic E-state index is 13.2. The van der Waals surface area contributed by atoms with Crippen LogP contribution in [-0.4, -0.2) is 96.7 Å². The minimum Gasteiger partial charge on any atom is -0.462 e. The standard InChI is InChI=1S/C88H172O17P2/c1-6-9-12-15-18-21-24-27-29-31-32-33-35-37-44-49-54-59-64-69-74-88(93)105-84(78-99-86(91)72-67-62-57-52-47-42-39-38-41-45-50-55-60-65-70-81(4)5)80-103-107(96,97)101-76-82(89)75-100-106(94,95)102-79-83(77-98-85(90)71-66-61-56-51-46-40-26-23-20-17-14-11-8-3)104-87(92)73-68-63-58-53-48-43-36-34-30-28-25-22-19-16-13-10-7-2/h81-84,89H,6-80H2,1-5H3,(H,94,95)(H,96,97)/t82-,83+,84+/m0/s1. The number of phosphoric acid groups is 2. The van der Waals surface area contributed by atoms with Crippen molar-refractivity contribution in [3.05, 3.63) is 0 Å². The molecule has 0 amide bonds. The molecule has 2 unspecified atom stereocenters. The Bertz CT molecular complexity index is 2030. The van der Waals surface area contributed by atoms with E-state index < -0.39 is 97.5 Å². The highest BCUT2D eigenvalue weighted by atomic mass is 31.2. The quantitative estimate of drug-likeness (QED) is 0.0222. The summed E-state index contributed by atoms with van der Waals surface area (Å²) in [7, 11) is -9.93. The largest absolute Gasteiger partial charge is 0.472 e. The summed E-state index contributed by atoms with van der Waals surface area (Å²) in [4.78, 5) is 73.3. The van der Waals surface area contributed by atoms with Crippen molar-refractivity contribution in [1.29, 1.82) is 0 Å². The highest BCUT2D eigenvalue weighted by molar-refractivity contribution is 7.47. The number of esters is 4. The van der Waals surface area contributed by atoms with E-state index in [0.717, 1.165) is 95.8 Å². The second-order valence-electron chi connectivity index (χ2n) is 32.1. The van der Waals surface area contributed by atoms with Gasteiger partial charge in [0.2, 0.25) is 0 Å². The highest BCUT2D eigenvalue weighted by Crippen LogP contribution is 2.45. The molecule has 0 bridgehead atoms. The molecule has 636 valence electrons. The molecule has 0 spiro atoms. The van der Waals surface area contributed by atoms with Gasteiger partial charge < -0.3 is 33.8 Å². The summed E-state index contributed by atoms with van der Waals surface area (Å²) in [6, 6.07) is 0. The van der Waals surface area contributed by atoms with Crippen molar-refractivity contribution in [2.24, 2.45) is 5.92 Å². The van der Waals surface area contributed by atoms with Gasteiger partial charge in [-0.3, -0.25) is 37.3 Å². The number of aliphatic hydroxyl groups excluding tert-OH is 1. The predicted octanol–water partition coefficient (Wildman–Crippen LogP) is 27.2. The number of ether oxygens (including phenoxy) is 4. The van der Waals surface area contributed by atoms with Crippen LogP contribution in [0.25, 0.3) is 0 Å². The summed E-state index contributed by atoms with van der Waals surface area (Å²) in [6.07, 6.45) is 74.9. The Morgan fingerprint density at radius 3 is 0.636 bits per heavy atom. The summed E-state index contributed by atoms with van der Waals surface area (Å²) in [5, 5.41) is 10.7. The number of unbranched alkanes of at least 4 members (excludes halogenated alkanes) is 60. The molecule has 0 saturated carbocycles. The lowest BCUT2D eigenvalue weighted by Gasteiger charge is -2.21. The number of hydrogen-bond acceptors (Lipinski definition) is 15. The third kappa shape index (κ3) is 81.9. The number of aliphatic hydroxyl groups is 1. The first-order chi connectivity index (χ1) is 52.0. The van der Waals surface area contributed by atoms with Gasteiger partial charge in [-0.25, -0.2) is 9.13 Å². The molecular weight excluding hydrogens is 1390 g/mol. The van der Waals surface area contributed by atoms with Gasteiger partial charge in [0, 0.05) is 25.7 Å². The zero-order valence-corrected chi connectivity index (χ0v) is 72.1. The van der Waals surface area contributed by atoms with Crippen molar-refractivity contribution in [2.75, 3.05) is 39.6 Å². The third-order valence-corrected chi connectivity index (χ3v) is 22.7. The van der Waals surface area contributed by atoms with E-state index in [9.17, 15) is 43.2 Å². The number of rotatable bonds is 88. The van der Waals surface area contributed by atoms with Crippen LogP contribution in [0.15, 0.2) is 0 Å². The average Bonchev–Trinajstić information content (AvgIpc) is 0.906. The first kappa shape index (κ1) is 105. The number of hydrogen-bond donors (Lipinski definition) is 3. The Kier molecular flexibility index (Phi) is 79.2. The van der Waals surface area contributed by atoms with Crippen molar-refractivity contribution in [3.8, 4) is 0 Å². The Balaban J connectivity index is 5.26. The summed E-state index contributed by atoms with van der Waals surface area (Å²) in [6.45, 7) is 7.41. The van der Waals surface area contributed by atoms with Crippen LogP contribution >= 0.6 is 15.6 Å². The molecule has 0 aliphatic rings. The summed E-state index contributed by atoms with van der Waals surface area (Å²) < 4.78 is 69.0. The molecule has 0 aliphatic heterocycles. The van der Waals surface area contributed by atoms with Gasteiger partial charge in [-0.15, -0.1) is 0 Å².